The molecule has 5 rings (SSSR count). The molecule has 5 aromatic rings. The van der Waals surface area contributed by atoms with E-state index in [2.05, 4.69) is 20.1 Å². The summed E-state index contributed by atoms with van der Waals surface area (Å²) in [5.74, 6) is 0.144. The third-order valence-electron chi connectivity index (χ3n) is 4.93. The third kappa shape index (κ3) is 3.11. The fraction of sp³-hybridized carbons (Fsp3) is 0.0909. The summed E-state index contributed by atoms with van der Waals surface area (Å²) in [6.45, 7) is 1.89. The van der Waals surface area contributed by atoms with Gasteiger partial charge in [-0.15, -0.1) is 0 Å². The second-order valence-electron chi connectivity index (χ2n) is 6.88. The number of hydrogen-bond acceptors (Lipinski definition) is 5. The number of Topliss-reactive ketones (excluding diaryl/α,β-unsaturated/α-hetero) is 1. The number of para-hydroxylation sites is 2. The van der Waals surface area contributed by atoms with Gasteiger partial charge < -0.3 is 9.97 Å². The molecule has 0 atom stereocenters. The summed E-state index contributed by atoms with van der Waals surface area (Å²) in [4.78, 5) is 36.0. The number of fused-ring (bicyclic) bond motifs is 2. The van der Waals surface area contributed by atoms with Crippen LogP contribution in [0.1, 0.15) is 16.1 Å². The molecule has 2 N–H and O–H groups in total. The number of rotatable bonds is 5. The minimum atomic E-state index is -0.277. The van der Waals surface area contributed by atoms with E-state index < -0.39 is 0 Å². The van der Waals surface area contributed by atoms with E-state index >= 15 is 0 Å². The van der Waals surface area contributed by atoms with E-state index in [1.54, 1.807) is 4.68 Å². The molecule has 8 heteroatoms. The van der Waals surface area contributed by atoms with Crippen molar-refractivity contribution < 1.29 is 4.79 Å². The van der Waals surface area contributed by atoms with Crippen LogP contribution in [0.4, 0.5) is 0 Å². The van der Waals surface area contributed by atoms with Crippen LogP contribution in [0.5, 0.6) is 0 Å². The van der Waals surface area contributed by atoms with Gasteiger partial charge in [0.1, 0.15) is 5.39 Å². The van der Waals surface area contributed by atoms with Gasteiger partial charge in [-0.1, -0.05) is 48.2 Å². The molecule has 0 unspecified atom stereocenters. The molecule has 0 saturated carbocycles. The van der Waals surface area contributed by atoms with Crippen LogP contribution in [-0.4, -0.2) is 36.3 Å². The molecule has 0 aliphatic heterocycles. The van der Waals surface area contributed by atoms with E-state index in [0.717, 1.165) is 22.3 Å². The number of ketones is 1. The van der Waals surface area contributed by atoms with Crippen LogP contribution in [-0.2, 0) is 0 Å². The van der Waals surface area contributed by atoms with Crippen molar-refractivity contribution in [1.29, 1.82) is 0 Å². The van der Waals surface area contributed by atoms with Gasteiger partial charge in [-0.05, 0) is 25.1 Å². The maximum atomic E-state index is 12.9. The molecule has 0 spiro atoms. The first kappa shape index (κ1) is 18.4. The van der Waals surface area contributed by atoms with Crippen molar-refractivity contribution in [3.63, 3.8) is 0 Å². The number of H-pyrrole nitrogens is 2. The normalized spacial score (nSPS) is 11.4. The average molecular weight is 415 g/mol. The first-order valence-corrected chi connectivity index (χ1v) is 10.4. The topological polar surface area (TPSA) is 96.4 Å². The zero-order chi connectivity index (χ0) is 20.7. The van der Waals surface area contributed by atoms with Crippen molar-refractivity contribution in [2.45, 2.75) is 12.1 Å². The number of thioether (sulfide) groups is 1. The minimum absolute atomic E-state index is 0.0192. The van der Waals surface area contributed by atoms with Crippen LogP contribution < -0.4 is 5.56 Å². The quantitative estimate of drug-likeness (QED) is 0.258. The summed E-state index contributed by atoms with van der Waals surface area (Å²) in [5.41, 5.74) is 3.44. The number of carbonyl (C=O) groups excluding carboxylic acids is 1. The van der Waals surface area contributed by atoms with E-state index in [1.165, 1.54) is 18.0 Å². The van der Waals surface area contributed by atoms with E-state index in [1.807, 2.05) is 61.5 Å². The zero-order valence-corrected chi connectivity index (χ0v) is 16.9. The maximum Gasteiger partial charge on any atom is 0.262 e. The highest BCUT2D eigenvalue weighted by atomic mass is 32.2. The van der Waals surface area contributed by atoms with E-state index in [0.29, 0.717) is 21.8 Å². The largest absolute Gasteiger partial charge is 0.358 e. The standard InChI is InChI=1S/C22H17N5O2S/c1-13-19(15-9-5-6-10-17(15)24-13)18(28)12-30-22-25-20-16(21(29)26-22)11-23-27(20)14-7-3-2-4-8-14/h2-11,24H,12H2,1H3,(H,25,26,29). The van der Waals surface area contributed by atoms with E-state index in [4.69, 9.17) is 0 Å². The fourth-order valence-corrected chi connectivity index (χ4v) is 4.29. The highest BCUT2D eigenvalue weighted by Crippen LogP contribution is 2.25. The lowest BCUT2D eigenvalue weighted by molar-refractivity contribution is 0.102. The van der Waals surface area contributed by atoms with Crippen LogP contribution in [0.15, 0.2) is 70.7 Å². The Hall–Kier alpha value is -3.65. The Morgan fingerprint density at radius 1 is 1.03 bits per heavy atom. The van der Waals surface area contributed by atoms with Gasteiger partial charge in [0, 0.05) is 22.2 Å². The van der Waals surface area contributed by atoms with Gasteiger partial charge in [0.15, 0.2) is 16.6 Å². The highest BCUT2D eigenvalue weighted by molar-refractivity contribution is 7.99. The molecule has 148 valence electrons. The number of aryl methyl sites for hydroxylation is 1. The minimum Gasteiger partial charge on any atom is -0.358 e. The summed E-state index contributed by atoms with van der Waals surface area (Å²) < 4.78 is 1.63. The lowest BCUT2D eigenvalue weighted by Crippen LogP contribution is -2.11. The second-order valence-corrected chi connectivity index (χ2v) is 7.85. The molecule has 7 nitrogen and oxygen atoms in total. The molecule has 30 heavy (non-hydrogen) atoms. The van der Waals surface area contributed by atoms with Gasteiger partial charge in [-0.25, -0.2) is 9.67 Å². The van der Waals surface area contributed by atoms with Crippen LogP contribution in [0.25, 0.3) is 27.6 Å². The highest BCUT2D eigenvalue weighted by Gasteiger charge is 2.17. The fourth-order valence-electron chi connectivity index (χ4n) is 3.57. The molecule has 0 fully saturated rings. The van der Waals surface area contributed by atoms with Crippen molar-refractivity contribution in [3.05, 3.63) is 82.4 Å². The maximum absolute atomic E-state index is 12.9. The Morgan fingerprint density at radius 3 is 2.63 bits per heavy atom. The van der Waals surface area contributed by atoms with Crippen molar-refractivity contribution in [1.82, 2.24) is 24.7 Å². The summed E-state index contributed by atoms with van der Waals surface area (Å²) >= 11 is 1.21. The van der Waals surface area contributed by atoms with Gasteiger partial charge in [-0.2, -0.15) is 5.10 Å². The Kier molecular flexibility index (Phi) is 4.48. The van der Waals surface area contributed by atoms with E-state index in [9.17, 15) is 9.59 Å². The van der Waals surface area contributed by atoms with Gasteiger partial charge in [0.2, 0.25) is 0 Å². The lowest BCUT2D eigenvalue weighted by atomic mass is 10.1. The Bertz CT molecular complexity index is 1450. The molecule has 3 heterocycles. The average Bonchev–Trinajstić information content (AvgIpc) is 3.33. The van der Waals surface area contributed by atoms with Crippen LogP contribution in [0.2, 0.25) is 0 Å². The second kappa shape index (κ2) is 7.31. The molecular formula is C22H17N5O2S. The number of benzene rings is 2. The first-order valence-electron chi connectivity index (χ1n) is 9.38. The molecular weight excluding hydrogens is 398 g/mol. The van der Waals surface area contributed by atoms with Crippen LogP contribution in [0.3, 0.4) is 0 Å². The molecule has 0 aliphatic rings. The summed E-state index contributed by atoms with van der Waals surface area (Å²) in [6.07, 6.45) is 1.50. The van der Waals surface area contributed by atoms with Crippen molar-refractivity contribution >= 4 is 39.5 Å². The van der Waals surface area contributed by atoms with Gasteiger partial charge in [0.25, 0.3) is 5.56 Å². The van der Waals surface area contributed by atoms with Crippen LogP contribution >= 0.6 is 11.8 Å². The predicted molar refractivity (Wildman–Crippen MR) is 118 cm³/mol. The van der Waals surface area contributed by atoms with Crippen molar-refractivity contribution in [2.24, 2.45) is 0 Å². The smallest absolute Gasteiger partial charge is 0.262 e. The van der Waals surface area contributed by atoms with Crippen LogP contribution in [0, 0.1) is 6.92 Å². The Balaban J connectivity index is 1.46. The number of carbonyl (C=O) groups is 1. The summed E-state index contributed by atoms with van der Waals surface area (Å²) in [6, 6.07) is 17.2. The first-order chi connectivity index (χ1) is 14.6. The molecule has 0 radical (unpaired) electrons. The van der Waals surface area contributed by atoms with Gasteiger partial charge in [-0.3, -0.25) is 9.59 Å². The Labute approximate surface area is 175 Å². The molecule has 0 amide bonds. The third-order valence-corrected chi connectivity index (χ3v) is 5.80. The van der Waals surface area contributed by atoms with Crippen molar-refractivity contribution in [3.8, 4) is 5.69 Å². The SMILES string of the molecule is Cc1[nH]c2ccccc2c1C(=O)CSc1nc2c(cnn2-c2ccccc2)c(=O)[nH]1. The number of hydrogen-bond donors (Lipinski definition) is 2. The van der Waals surface area contributed by atoms with E-state index in [-0.39, 0.29) is 17.1 Å². The molecule has 0 aliphatic carbocycles. The summed E-state index contributed by atoms with van der Waals surface area (Å²) in [5, 5.41) is 6.00. The van der Waals surface area contributed by atoms with Crippen molar-refractivity contribution in [2.75, 3.05) is 5.75 Å². The number of aromatic nitrogens is 5. The molecule has 0 bridgehead atoms. The molecule has 2 aromatic carbocycles. The number of aromatic amines is 2. The number of nitrogens with zero attached hydrogens (tertiary/aromatic N) is 3. The van der Waals surface area contributed by atoms with Gasteiger partial charge >= 0.3 is 0 Å². The van der Waals surface area contributed by atoms with Gasteiger partial charge in [0.05, 0.1) is 17.6 Å². The molecule has 3 aromatic heterocycles. The zero-order valence-electron chi connectivity index (χ0n) is 16.0. The monoisotopic (exact) mass is 415 g/mol. The predicted octanol–water partition coefficient (Wildman–Crippen LogP) is 3.87. The Morgan fingerprint density at radius 2 is 1.80 bits per heavy atom. The lowest BCUT2D eigenvalue weighted by Gasteiger charge is -2.05. The summed E-state index contributed by atoms with van der Waals surface area (Å²) in [7, 11) is 0. The molecule has 0 saturated heterocycles. The number of nitrogens with one attached hydrogen (secondary N) is 2.